The van der Waals surface area contributed by atoms with Crippen LogP contribution in [0.15, 0.2) is 18.2 Å². The standard InChI is InChI=1S/C11H17N3/c1-9-7-11(14-13-9)8-12-10-5-3-2-4-6-10/h3,5,7,10,12H,2,4,6,8H2,1H3,(H,13,14). The molecular formula is C11H17N3. The summed E-state index contributed by atoms with van der Waals surface area (Å²) in [4.78, 5) is 0. The van der Waals surface area contributed by atoms with Gasteiger partial charge in [0.25, 0.3) is 0 Å². The zero-order valence-electron chi connectivity index (χ0n) is 8.59. The Bertz CT molecular complexity index is 314. The first-order valence-corrected chi connectivity index (χ1v) is 5.25. The molecule has 1 aromatic rings. The zero-order chi connectivity index (χ0) is 9.80. The first-order chi connectivity index (χ1) is 6.84. The molecule has 0 aromatic carbocycles. The van der Waals surface area contributed by atoms with E-state index in [0.717, 1.165) is 17.9 Å². The maximum absolute atomic E-state index is 4.19. The second-order valence-corrected chi connectivity index (χ2v) is 3.89. The van der Waals surface area contributed by atoms with Crippen LogP contribution in [0.4, 0.5) is 0 Å². The number of aryl methyl sites for hydroxylation is 1. The van der Waals surface area contributed by atoms with Gasteiger partial charge in [0.2, 0.25) is 0 Å². The van der Waals surface area contributed by atoms with Crippen molar-refractivity contribution in [3.05, 3.63) is 29.6 Å². The molecule has 0 radical (unpaired) electrons. The van der Waals surface area contributed by atoms with Crippen LogP contribution >= 0.6 is 0 Å². The summed E-state index contributed by atoms with van der Waals surface area (Å²) in [6, 6.07) is 2.63. The average molecular weight is 191 g/mol. The van der Waals surface area contributed by atoms with E-state index in [2.05, 4.69) is 33.7 Å². The van der Waals surface area contributed by atoms with E-state index in [0.29, 0.717) is 6.04 Å². The van der Waals surface area contributed by atoms with Crippen molar-refractivity contribution in [1.82, 2.24) is 15.5 Å². The monoisotopic (exact) mass is 191 g/mol. The lowest BCUT2D eigenvalue weighted by Crippen LogP contribution is -2.27. The third-order valence-electron chi connectivity index (χ3n) is 2.56. The van der Waals surface area contributed by atoms with E-state index in [1.165, 1.54) is 19.3 Å². The Morgan fingerprint density at radius 1 is 1.64 bits per heavy atom. The fourth-order valence-electron chi connectivity index (χ4n) is 1.78. The van der Waals surface area contributed by atoms with Crippen LogP contribution in [-0.2, 0) is 6.54 Å². The molecule has 1 atom stereocenters. The van der Waals surface area contributed by atoms with Gasteiger partial charge in [-0.05, 0) is 32.3 Å². The molecule has 0 amide bonds. The van der Waals surface area contributed by atoms with Crippen LogP contribution < -0.4 is 5.32 Å². The van der Waals surface area contributed by atoms with Crippen molar-refractivity contribution in [3.8, 4) is 0 Å². The Morgan fingerprint density at radius 3 is 3.21 bits per heavy atom. The molecule has 0 bridgehead atoms. The number of allylic oxidation sites excluding steroid dienone is 1. The number of nitrogens with one attached hydrogen (secondary N) is 2. The van der Waals surface area contributed by atoms with Crippen LogP contribution in [0, 0.1) is 6.92 Å². The Balaban J connectivity index is 1.82. The number of rotatable bonds is 3. The van der Waals surface area contributed by atoms with Gasteiger partial charge < -0.3 is 5.32 Å². The van der Waals surface area contributed by atoms with Gasteiger partial charge in [-0.3, -0.25) is 5.10 Å². The molecule has 14 heavy (non-hydrogen) atoms. The lowest BCUT2D eigenvalue weighted by atomic mass is 10.0. The molecule has 1 aliphatic carbocycles. The van der Waals surface area contributed by atoms with Crippen molar-refractivity contribution in [2.75, 3.05) is 0 Å². The molecule has 1 unspecified atom stereocenters. The van der Waals surface area contributed by atoms with Crippen molar-refractivity contribution < 1.29 is 0 Å². The average Bonchev–Trinajstić information content (AvgIpc) is 2.63. The molecule has 0 saturated heterocycles. The van der Waals surface area contributed by atoms with E-state index in [-0.39, 0.29) is 0 Å². The van der Waals surface area contributed by atoms with Crippen molar-refractivity contribution in [2.24, 2.45) is 0 Å². The molecule has 1 aliphatic rings. The van der Waals surface area contributed by atoms with Gasteiger partial charge in [0.1, 0.15) is 0 Å². The fraction of sp³-hybridized carbons (Fsp3) is 0.545. The van der Waals surface area contributed by atoms with Crippen molar-refractivity contribution in [3.63, 3.8) is 0 Å². The van der Waals surface area contributed by atoms with Crippen LogP contribution in [0.1, 0.15) is 30.7 Å². The number of H-pyrrole nitrogens is 1. The second-order valence-electron chi connectivity index (χ2n) is 3.89. The molecule has 0 saturated carbocycles. The predicted octanol–water partition coefficient (Wildman–Crippen LogP) is 1.92. The molecule has 76 valence electrons. The van der Waals surface area contributed by atoms with Crippen molar-refractivity contribution in [1.29, 1.82) is 0 Å². The van der Waals surface area contributed by atoms with Crippen LogP contribution in [0.2, 0.25) is 0 Å². The number of hydrogen-bond donors (Lipinski definition) is 2. The van der Waals surface area contributed by atoms with Crippen LogP contribution in [0.3, 0.4) is 0 Å². The Labute approximate surface area is 84.6 Å². The first kappa shape index (κ1) is 9.46. The number of nitrogens with zero attached hydrogens (tertiary/aromatic N) is 1. The quantitative estimate of drug-likeness (QED) is 0.717. The molecule has 3 nitrogen and oxygen atoms in total. The maximum Gasteiger partial charge on any atom is 0.0762 e. The molecule has 0 aliphatic heterocycles. The zero-order valence-corrected chi connectivity index (χ0v) is 8.59. The lowest BCUT2D eigenvalue weighted by Gasteiger charge is -2.16. The largest absolute Gasteiger partial charge is 0.305 e. The van der Waals surface area contributed by atoms with E-state index >= 15 is 0 Å². The highest BCUT2D eigenvalue weighted by Gasteiger charge is 2.07. The van der Waals surface area contributed by atoms with Crippen LogP contribution in [0.5, 0.6) is 0 Å². The predicted molar refractivity (Wildman–Crippen MR) is 56.9 cm³/mol. The van der Waals surface area contributed by atoms with Gasteiger partial charge in [0.05, 0.1) is 5.69 Å². The van der Waals surface area contributed by atoms with Crippen molar-refractivity contribution >= 4 is 0 Å². The maximum atomic E-state index is 4.19. The van der Waals surface area contributed by atoms with Gasteiger partial charge in [0, 0.05) is 18.3 Å². The second kappa shape index (κ2) is 4.42. The van der Waals surface area contributed by atoms with Gasteiger partial charge >= 0.3 is 0 Å². The lowest BCUT2D eigenvalue weighted by molar-refractivity contribution is 0.518. The Morgan fingerprint density at radius 2 is 2.57 bits per heavy atom. The smallest absolute Gasteiger partial charge is 0.0762 e. The summed E-state index contributed by atoms with van der Waals surface area (Å²) in [7, 11) is 0. The summed E-state index contributed by atoms with van der Waals surface area (Å²) in [6.07, 6.45) is 8.31. The van der Waals surface area contributed by atoms with Gasteiger partial charge in [-0.2, -0.15) is 5.10 Å². The third-order valence-corrected chi connectivity index (χ3v) is 2.56. The molecule has 2 rings (SSSR count). The van der Waals surface area contributed by atoms with E-state index in [4.69, 9.17) is 0 Å². The van der Waals surface area contributed by atoms with E-state index in [1.54, 1.807) is 0 Å². The van der Waals surface area contributed by atoms with Gasteiger partial charge in [-0.1, -0.05) is 12.2 Å². The minimum atomic E-state index is 0.542. The van der Waals surface area contributed by atoms with Gasteiger partial charge in [-0.25, -0.2) is 0 Å². The molecule has 1 heterocycles. The SMILES string of the molecule is Cc1cc(CNC2C=CCCC2)n[nH]1. The summed E-state index contributed by atoms with van der Waals surface area (Å²) < 4.78 is 0. The molecule has 0 fully saturated rings. The molecule has 3 heteroatoms. The minimum absolute atomic E-state index is 0.542. The summed E-state index contributed by atoms with van der Waals surface area (Å²) >= 11 is 0. The number of aromatic nitrogens is 2. The third kappa shape index (κ3) is 2.45. The van der Waals surface area contributed by atoms with E-state index in [1.807, 2.05) is 6.92 Å². The number of hydrogen-bond acceptors (Lipinski definition) is 2. The first-order valence-electron chi connectivity index (χ1n) is 5.25. The summed E-state index contributed by atoms with van der Waals surface area (Å²) in [5, 5.41) is 10.6. The van der Waals surface area contributed by atoms with Gasteiger partial charge in [-0.15, -0.1) is 0 Å². The highest BCUT2D eigenvalue weighted by molar-refractivity contribution is 5.07. The highest BCUT2D eigenvalue weighted by atomic mass is 15.1. The molecule has 1 aromatic heterocycles. The van der Waals surface area contributed by atoms with E-state index in [9.17, 15) is 0 Å². The Hall–Kier alpha value is -1.09. The minimum Gasteiger partial charge on any atom is -0.305 e. The summed E-state index contributed by atoms with van der Waals surface area (Å²) in [6.45, 7) is 2.89. The van der Waals surface area contributed by atoms with Gasteiger partial charge in [0.15, 0.2) is 0 Å². The fourth-order valence-corrected chi connectivity index (χ4v) is 1.78. The number of aromatic amines is 1. The van der Waals surface area contributed by atoms with Crippen molar-refractivity contribution in [2.45, 2.75) is 38.8 Å². The van der Waals surface area contributed by atoms with Crippen LogP contribution in [-0.4, -0.2) is 16.2 Å². The molecule has 2 N–H and O–H groups in total. The van der Waals surface area contributed by atoms with Crippen LogP contribution in [0.25, 0.3) is 0 Å². The molecular weight excluding hydrogens is 174 g/mol. The highest BCUT2D eigenvalue weighted by Crippen LogP contribution is 2.10. The molecule has 0 spiro atoms. The Kier molecular flexibility index (Phi) is 2.99. The van der Waals surface area contributed by atoms with E-state index < -0.39 is 0 Å². The summed E-state index contributed by atoms with van der Waals surface area (Å²) in [5.41, 5.74) is 2.22. The summed E-state index contributed by atoms with van der Waals surface area (Å²) in [5.74, 6) is 0. The topological polar surface area (TPSA) is 40.7 Å². The normalized spacial score (nSPS) is 21.4.